The lowest BCUT2D eigenvalue weighted by atomic mass is 10.3. The SMILES string of the molecule is O=C(NCc1cccnc1)c1nnc2n(c1=O)CCN2c1ccccc1. The molecule has 0 radical (unpaired) electrons. The quantitative estimate of drug-likeness (QED) is 0.759. The zero-order valence-electron chi connectivity index (χ0n) is 13.9. The number of carbonyl (C=O) groups excluding carboxylic acids is 1. The van der Waals surface area contributed by atoms with Crippen molar-refractivity contribution in [1.29, 1.82) is 0 Å². The molecule has 1 aliphatic rings. The van der Waals surface area contributed by atoms with Crippen LogP contribution in [0.4, 0.5) is 11.6 Å². The van der Waals surface area contributed by atoms with Gasteiger partial charge in [-0.15, -0.1) is 10.2 Å². The first-order valence-corrected chi connectivity index (χ1v) is 8.21. The van der Waals surface area contributed by atoms with E-state index in [2.05, 4.69) is 20.5 Å². The molecule has 0 saturated carbocycles. The van der Waals surface area contributed by atoms with Crippen LogP contribution in [0.2, 0.25) is 0 Å². The molecule has 0 bridgehead atoms. The molecule has 0 atom stereocenters. The van der Waals surface area contributed by atoms with Gasteiger partial charge in [0, 0.05) is 37.7 Å². The maximum atomic E-state index is 12.7. The van der Waals surface area contributed by atoms with Crippen LogP contribution in [0.25, 0.3) is 0 Å². The van der Waals surface area contributed by atoms with Crippen LogP contribution >= 0.6 is 0 Å². The first-order chi connectivity index (χ1) is 12.7. The minimum atomic E-state index is -0.542. The van der Waals surface area contributed by atoms with E-state index in [9.17, 15) is 9.59 Å². The third kappa shape index (κ3) is 2.92. The second kappa shape index (κ2) is 6.75. The molecule has 3 aromatic rings. The molecule has 1 aromatic carbocycles. The maximum absolute atomic E-state index is 12.7. The lowest BCUT2D eigenvalue weighted by Crippen LogP contribution is -2.34. The number of para-hydroxylation sites is 1. The van der Waals surface area contributed by atoms with Gasteiger partial charge in [-0.3, -0.25) is 19.1 Å². The number of nitrogens with one attached hydrogen (secondary N) is 1. The Labute approximate surface area is 149 Å². The van der Waals surface area contributed by atoms with E-state index in [0.717, 1.165) is 11.3 Å². The molecule has 3 heterocycles. The van der Waals surface area contributed by atoms with Gasteiger partial charge in [-0.25, -0.2) is 0 Å². The molecule has 1 aliphatic heterocycles. The smallest absolute Gasteiger partial charge is 0.286 e. The number of hydrogen-bond donors (Lipinski definition) is 1. The normalized spacial score (nSPS) is 12.7. The van der Waals surface area contributed by atoms with Gasteiger partial charge in [-0.2, -0.15) is 0 Å². The Balaban J connectivity index is 1.57. The number of amides is 1. The highest BCUT2D eigenvalue weighted by molar-refractivity contribution is 5.91. The van der Waals surface area contributed by atoms with E-state index in [0.29, 0.717) is 19.0 Å². The van der Waals surface area contributed by atoms with Crippen LogP contribution < -0.4 is 15.8 Å². The first-order valence-electron chi connectivity index (χ1n) is 8.21. The number of fused-ring (bicyclic) bond motifs is 1. The van der Waals surface area contributed by atoms with Gasteiger partial charge in [-0.05, 0) is 23.8 Å². The van der Waals surface area contributed by atoms with E-state index >= 15 is 0 Å². The van der Waals surface area contributed by atoms with Gasteiger partial charge >= 0.3 is 0 Å². The number of aromatic nitrogens is 4. The molecular weight excluding hydrogens is 332 g/mol. The van der Waals surface area contributed by atoms with Crippen LogP contribution in [0, 0.1) is 0 Å². The number of anilines is 2. The average molecular weight is 348 g/mol. The van der Waals surface area contributed by atoms with E-state index < -0.39 is 11.5 Å². The topological polar surface area (TPSA) is 93.0 Å². The fourth-order valence-electron chi connectivity index (χ4n) is 2.88. The molecule has 0 spiro atoms. The predicted octanol–water partition coefficient (Wildman–Crippen LogP) is 1.11. The molecule has 26 heavy (non-hydrogen) atoms. The van der Waals surface area contributed by atoms with Crippen molar-refractivity contribution in [3.8, 4) is 0 Å². The van der Waals surface area contributed by atoms with Crippen molar-refractivity contribution in [1.82, 2.24) is 25.1 Å². The minimum Gasteiger partial charge on any atom is -0.346 e. The van der Waals surface area contributed by atoms with Gasteiger partial charge in [-0.1, -0.05) is 24.3 Å². The molecule has 130 valence electrons. The van der Waals surface area contributed by atoms with E-state index in [4.69, 9.17) is 0 Å². The lowest BCUT2D eigenvalue weighted by Gasteiger charge is -2.16. The van der Waals surface area contributed by atoms with Crippen molar-refractivity contribution < 1.29 is 4.79 Å². The van der Waals surface area contributed by atoms with Crippen LogP contribution in [-0.4, -0.2) is 32.2 Å². The maximum Gasteiger partial charge on any atom is 0.286 e. The zero-order valence-corrected chi connectivity index (χ0v) is 13.9. The molecule has 0 saturated heterocycles. The van der Waals surface area contributed by atoms with Crippen molar-refractivity contribution in [2.45, 2.75) is 13.1 Å². The molecule has 4 rings (SSSR count). The standard InChI is InChI=1S/C18H16N6O2/c25-16(20-12-13-5-4-8-19-11-13)15-17(26)24-10-9-23(18(24)22-21-15)14-6-2-1-3-7-14/h1-8,11H,9-10,12H2,(H,20,25). The molecule has 0 aliphatic carbocycles. The number of benzene rings is 1. The summed E-state index contributed by atoms with van der Waals surface area (Å²) in [6.45, 7) is 1.34. The summed E-state index contributed by atoms with van der Waals surface area (Å²) >= 11 is 0. The van der Waals surface area contributed by atoms with Crippen LogP contribution in [0.5, 0.6) is 0 Å². The van der Waals surface area contributed by atoms with Crippen molar-refractivity contribution >= 4 is 17.5 Å². The van der Waals surface area contributed by atoms with Gasteiger partial charge in [0.1, 0.15) is 0 Å². The van der Waals surface area contributed by atoms with Gasteiger partial charge < -0.3 is 10.2 Å². The van der Waals surface area contributed by atoms with Crippen molar-refractivity contribution in [3.05, 3.63) is 76.5 Å². The zero-order chi connectivity index (χ0) is 17.9. The highest BCUT2D eigenvalue weighted by atomic mass is 16.2. The van der Waals surface area contributed by atoms with E-state index in [-0.39, 0.29) is 12.2 Å². The number of rotatable bonds is 4. The summed E-state index contributed by atoms with van der Waals surface area (Å²) in [6.07, 6.45) is 3.31. The Kier molecular flexibility index (Phi) is 4.14. The first kappa shape index (κ1) is 15.9. The summed E-state index contributed by atoms with van der Waals surface area (Å²) in [5, 5.41) is 10.7. The van der Waals surface area contributed by atoms with Gasteiger partial charge in [0.25, 0.3) is 11.5 Å². The number of hydrogen-bond acceptors (Lipinski definition) is 6. The summed E-state index contributed by atoms with van der Waals surface area (Å²) in [5.41, 5.74) is 1.14. The van der Waals surface area contributed by atoms with E-state index in [1.54, 1.807) is 18.5 Å². The summed E-state index contributed by atoms with van der Waals surface area (Å²) < 4.78 is 1.49. The number of pyridine rings is 1. The van der Waals surface area contributed by atoms with Crippen LogP contribution in [0.3, 0.4) is 0 Å². The van der Waals surface area contributed by atoms with E-state index in [1.165, 1.54) is 4.57 Å². The summed E-state index contributed by atoms with van der Waals surface area (Å²) in [6, 6.07) is 13.3. The summed E-state index contributed by atoms with van der Waals surface area (Å²) in [7, 11) is 0. The predicted molar refractivity (Wildman–Crippen MR) is 95.1 cm³/mol. The van der Waals surface area contributed by atoms with Crippen LogP contribution in [-0.2, 0) is 13.1 Å². The number of carbonyl (C=O) groups is 1. The second-order valence-electron chi connectivity index (χ2n) is 5.84. The number of nitrogens with zero attached hydrogens (tertiary/aromatic N) is 5. The minimum absolute atomic E-state index is 0.201. The monoisotopic (exact) mass is 348 g/mol. The fraction of sp³-hybridized carbons (Fsp3) is 0.167. The van der Waals surface area contributed by atoms with Gasteiger partial charge in [0.15, 0.2) is 0 Å². The Hall–Kier alpha value is -3.55. The summed E-state index contributed by atoms with van der Waals surface area (Å²) in [5.74, 6) is -0.0928. The third-order valence-corrected chi connectivity index (χ3v) is 4.18. The van der Waals surface area contributed by atoms with Crippen LogP contribution in [0.15, 0.2) is 59.7 Å². The van der Waals surface area contributed by atoms with Crippen molar-refractivity contribution in [2.75, 3.05) is 11.4 Å². The third-order valence-electron chi connectivity index (χ3n) is 4.18. The largest absolute Gasteiger partial charge is 0.346 e. The average Bonchev–Trinajstić information content (AvgIpc) is 3.13. The molecule has 1 N–H and O–H groups in total. The molecule has 2 aromatic heterocycles. The summed E-state index contributed by atoms with van der Waals surface area (Å²) in [4.78, 5) is 30.9. The lowest BCUT2D eigenvalue weighted by molar-refractivity contribution is 0.0942. The highest BCUT2D eigenvalue weighted by Gasteiger charge is 2.27. The molecule has 8 heteroatoms. The Bertz CT molecular complexity index is 988. The second-order valence-corrected chi connectivity index (χ2v) is 5.84. The van der Waals surface area contributed by atoms with E-state index in [1.807, 2.05) is 41.3 Å². The Morgan fingerprint density at radius 1 is 1.08 bits per heavy atom. The van der Waals surface area contributed by atoms with Crippen molar-refractivity contribution in [3.63, 3.8) is 0 Å². The fourth-order valence-corrected chi connectivity index (χ4v) is 2.88. The van der Waals surface area contributed by atoms with Gasteiger partial charge in [0.2, 0.25) is 11.6 Å². The highest BCUT2D eigenvalue weighted by Crippen LogP contribution is 2.25. The van der Waals surface area contributed by atoms with Crippen LogP contribution in [0.1, 0.15) is 16.1 Å². The molecule has 1 amide bonds. The van der Waals surface area contributed by atoms with Gasteiger partial charge in [0.05, 0.1) is 0 Å². The molecule has 8 nitrogen and oxygen atoms in total. The van der Waals surface area contributed by atoms with Crippen molar-refractivity contribution in [2.24, 2.45) is 0 Å². The Morgan fingerprint density at radius 2 is 1.92 bits per heavy atom. The molecule has 0 unspecified atom stereocenters. The Morgan fingerprint density at radius 3 is 2.69 bits per heavy atom. The molecule has 0 fully saturated rings. The molecular formula is C18H16N6O2.